The maximum absolute atomic E-state index is 4.39. The average molecular weight is 230 g/mol. The van der Waals surface area contributed by atoms with E-state index in [0.29, 0.717) is 6.54 Å². The lowest BCUT2D eigenvalue weighted by Gasteiger charge is -2.15. The van der Waals surface area contributed by atoms with Crippen LogP contribution >= 0.6 is 0 Å². The van der Waals surface area contributed by atoms with E-state index in [1.54, 1.807) is 12.4 Å². The van der Waals surface area contributed by atoms with Gasteiger partial charge in [-0.1, -0.05) is 0 Å². The standard InChI is InChI=1S/C11H14N6/c1-16-7-6-13-11(16)14-8-9-2-4-12-10-3-5-15-17(9)10/h2-5H,6-8H2,1H3,(H,13,14). The third-order valence-corrected chi connectivity index (χ3v) is 2.85. The lowest BCUT2D eigenvalue weighted by Crippen LogP contribution is -2.35. The summed E-state index contributed by atoms with van der Waals surface area (Å²) in [6, 6.07) is 3.85. The molecule has 2 aromatic heterocycles. The van der Waals surface area contributed by atoms with E-state index in [0.717, 1.165) is 30.4 Å². The van der Waals surface area contributed by atoms with E-state index in [1.807, 2.05) is 23.7 Å². The molecule has 1 aliphatic heterocycles. The highest BCUT2D eigenvalue weighted by atomic mass is 15.3. The molecule has 3 rings (SSSR count). The quantitative estimate of drug-likeness (QED) is 0.796. The summed E-state index contributed by atoms with van der Waals surface area (Å²) < 4.78 is 1.84. The topological polar surface area (TPSA) is 57.8 Å². The van der Waals surface area contributed by atoms with E-state index in [9.17, 15) is 0 Å². The summed E-state index contributed by atoms with van der Waals surface area (Å²) in [6.07, 6.45) is 3.55. The van der Waals surface area contributed by atoms with Crippen molar-refractivity contribution in [1.29, 1.82) is 0 Å². The predicted octanol–water partition coefficient (Wildman–Crippen LogP) is 0.120. The molecule has 0 radical (unpaired) electrons. The average Bonchev–Trinajstić information content (AvgIpc) is 2.95. The first-order valence-electron chi connectivity index (χ1n) is 5.62. The van der Waals surface area contributed by atoms with Crippen molar-refractivity contribution in [1.82, 2.24) is 24.8 Å². The molecule has 0 aromatic carbocycles. The Kier molecular flexibility index (Phi) is 2.40. The van der Waals surface area contributed by atoms with E-state index >= 15 is 0 Å². The summed E-state index contributed by atoms with van der Waals surface area (Å²) in [5.74, 6) is 0.946. The molecular weight excluding hydrogens is 216 g/mol. The molecule has 0 amide bonds. The molecule has 0 fully saturated rings. The van der Waals surface area contributed by atoms with E-state index < -0.39 is 0 Å². The number of aromatic nitrogens is 3. The molecule has 1 aliphatic rings. The second kappa shape index (κ2) is 4.04. The van der Waals surface area contributed by atoms with Crippen molar-refractivity contribution in [3.63, 3.8) is 0 Å². The van der Waals surface area contributed by atoms with Gasteiger partial charge in [0.25, 0.3) is 0 Å². The van der Waals surface area contributed by atoms with Gasteiger partial charge < -0.3 is 10.2 Å². The fraction of sp³-hybridized carbons (Fsp3) is 0.364. The Bertz CT molecular complexity index is 558. The lowest BCUT2D eigenvalue weighted by atomic mass is 10.4. The number of nitrogens with zero attached hydrogens (tertiary/aromatic N) is 5. The van der Waals surface area contributed by atoms with E-state index in [1.165, 1.54) is 0 Å². The van der Waals surface area contributed by atoms with Crippen molar-refractivity contribution in [3.05, 3.63) is 30.2 Å². The molecule has 3 heterocycles. The van der Waals surface area contributed by atoms with Gasteiger partial charge in [-0.25, -0.2) is 9.50 Å². The van der Waals surface area contributed by atoms with Gasteiger partial charge in [0.2, 0.25) is 0 Å². The van der Waals surface area contributed by atoms with E-state index in [2.05, 4.69) is 25.3 Å². The first-order valence-corrected chi connectivity index (χ1v) is 5.62. The summed E-state index contributed by atoms with van der Waals surface area (Å²) in [4.78, 5) is 10.7. The molecule has 88 valence electrons. The summed E-state index contributed by atoms with van der Waals surface area (Å²) in [6.45, 7) is 2.55. The Morgan fingerprint density at radius 3 is 3.12 bits per heavy atom. The molecule has 0 saturated heterocycles. The number of fused-ring (bicyclic) bond motifs is 1. The summed E-state index contributed by atoms with van der Waals surface area (Å²) in [5, 5.41) is 7.56. The zero-order valence-electron chi connectivity index (χ0n) is 9.67. The molecule has 0 spiro atoms. The van der Waals surface area contributed by atoms with Crippen molar-refractivity contribution in [3.8, 4) is 0 Å². The zero-order chi connectivity index (χ0) is 11.7. The van der Waals surface area contributed by atoms with Crippen LogP contribution in [0.5, 0.6) is 0 Å². The third-order valence-electron chi connectivity index (χ3n) is 2.85. The maximum atomic E-state index is 4.39. The summed E-state index contributed by atoms with van der Waals surface area (Å²) >= 11 is 0. The minimum Gasteiger partial charge on any atom is -0.351 e. The molecule has 0 bridgehead atoms. The van der Waals surface area contributed by atoms with Crippen LogP contribution in [0, 0.1) is 0 Å². The van der Waals surface area contributed by atoms with Gasteiger partial charge in [0.15, 0.2) is 11.6 Å². The van der Waals surface area contributed by atoms with Gasteiger partial charge in [-0.15, -0.1) is 0 Å². The molecule has 2 aromatic rings. The summed E-state index contributed by atoms with van der Waals surface area (Å²) in [5.41, 5.74) is 1.94. The number of nitrogens with one attached hydrogen (secondary N) is 1. The van der Waals surface area contributed by atoms with Crippen LogP contribution in [-0.2, 0) is 6.54 Å². The SMILES string of the molecule is CN1CCN=C1NCc1ccnc2ccnn12. The van der Waals surface area contributed by atoms with Gasteiger partial charge in [-0.3, -0.25) is 4.99 Å². The van der Waals surface area contributed by atoms with E-state index in [-0.39, 0.29) is 0 Å². The Morgan fingerprint density at radius 1 is 1.35 bits per heavy atom. The van der Waals surface area contributed by atoms with Gasteiger partial charge in [-0.2, -0.15) is 5.10 Å². The molecule has 0 unspecified atom stereocenters. The number of aliphatic imine (C=N–C) groups is 1. The van der Waals surface area contributed by atoms with Crippen molar-refractivity contribution < 1.29 is 0 Å². The minimum absolute atomic E-state index is 0.698. The normalized spacial score (nSPS) is 15.4. The predicted molar refractivity (Wildman–Crippen MR) is 64.8 cm³/mol. The monoisotopic (exact) mass is 230 g/mol. The first kappa shape index (κ1) is 10.1. The molecule has 6 nitrogen and oxygen atoms in total. The lowest BCUT2D eigenvalue weighted by molar-refractivity contribution is 0.532. The maximum Gasteiger partial charge on any atom is 0.194 e. The molecule has 17 heavy (non-hydrogen) atoms. The van der Waals surface area contributed by atoms with Crippen molar-refractivity contribution in [2.45, 2.75) is 6.54 Å². The number of rotatable bonds is 2. The number of likely N-dealkylation sites (N-methyl/N-ethyl adjacent to an activating group) is 1. The molecule has 0 atom stereocenters. The van der Waals surface area contributed by atoms with E-state index in [4.69, 9.17) is 0 Å². The first-order chi connectivity index (χ1) is 8.34. The molecule has 1 N–H and O–H groups in total. The van der Waals surface area contributed by atoms with Crippen LogP contribution in [0.15, 0.2) is 29.5 Å². The third kappa shape index (κ3) is 1.82. The molecular formula is C11H14N6. The van der Waals surface area contributed by atoms with Crippen LogP contribution in [0.3, 0.4) is 0 Å². The number of hydrogen-bond donors (Lipinski definition) is 1. The molecule has 0 saturated carbocycles. The minimum atomic E-state index is 0.698. The summed E-state index contributed by atoms with van der Waals surface area (Å²) in [7, 11) is 2.04. The molecule has 0 aliphatic carbocycles. The fourth-order valence-electron chi connectivity index (χ4n) is 1.91. The highest BCUT2D eigenvalue weighted by Gasteiger charge is 2.12. The fourth-order valence-corrected chi connectivity index (χ4v) is 1.91. The van der Waals surface area contributed by atoms with Gasteiger partial charge in [0.1, 0.15) is 0 Å². The van der Waals surface area contributed by atoms with Gasteiger partial charge >= 0.3 is 0 Å². The van der Waals surface area contributed by atoms with Crippen LogP contribution in [-0.4, -0.2) is 45.6 Å². The van der Waals surface area contributed by atoms with Gasteiger partial charge in [-0.05, 0) is 6.07 Å². The van der Waals surface area contributed by atoms with Crippen molar-refractivity contribution in [2.75, 3.05) is 20.1 Å². The number of guanidine groups is 1. The number of hydrogen-bond acceptors (Lipinski definition) is 5. The second-order valence-corrected chi connectivity index (χ2v) is 4.02. The van der Waals surface area contributed by atoms with Crippen LogP contribution in [0.2, 0.25) is 0 Å². The Labute approximate surface area is 99.0 Å². The van der Waals surface area contributed by atoms with Crippen molar-refractivity contribution >= 4 is 11.6 Å². The van der Waals surface area contributed by atoms with Crippen LogP contribution in [0.25, 0.3) is 5.65 Å². The molecule has 6 heteroatoms. The Balaban J connectivity index is 1.79. The van der Waals surface area contributed by atoms with Gasteiger partial charge in [0, 0.05) is 25.9 Å². The van der Waals surface area contributed by atoms with Gasteiger partial charge in [0.05, 0.1) is 25.0 Å². The largest absolute Gasteiger partial charge is 0.351 e. The Hall–Kier alpha value is -2.11. The Morgan fingerprint density at radius 2 is 2.29 bits per heavy atom. The smallest absolute Gasteiger partial charge is 0.194 e. The zero-order valence-corrected chi connectivity index (χ0v) is 9.67. The van der Waals surface area contributed by atoms with Crippen LogP contribution in [0.4, 0.5) is 0 Å². The van der Waals surface area contributed by atoms with Crippen LogP contribution < -0.4 is 5.32 Å². The van der Waals surface area contributed by atoms with Crippen molar-refractivity contribution in [2.24, 2.45) is 4.99 Å². The second-order valence-electron chi connectivity index (χ2n) is 4.02. The highest BCUT2D eigenvalue weighted by Crippen LogP contribution is 2.03. The highest BCUT2D eigenvalue weighted by molar-refractivity contribution is 5.81. The van der Waals surface area contributed by atoms with Crippen LogP contribution in [0.1, 0.15) is 5.69 Å².